The molecule has 7 heteroatoms. The smallest absolute Gasteiger partial charge is 0.227 e. The number of hydrogen-bond acceptors (Lipinski definition) is 5. The number of nitrogens with one attached hydrogen (secondary N) is 1. The highest BCUT2D eigenvalue weighted by Crippen LogP contribution is 2.10. The number of tetrazole rings is 1. The minimum absolute atomic E-state index is 0.117. The molecule has 2 aromatic rings. The minimum Gasteiger partial charge on any atom is -0.497 e. The summed E-state index contributed by atoms with van der Waals surface area (Å²) in [6, 6.07) is 7.52. The molecular weight excluding hydrogens is 246 g/mol. The molecule has 0 aliphatic rings. The Kier molecular flexibility index (Phi) is 4.07. The first-order valence-corrected chi connectivity index (χ1v) is 5.80. The van der Waals surface area contributed by atoms with Crippen LogP contribution in [0.15, 0.2) is 24.3 Å². The van der Waals surface area contributed by atoms with Crippen LogP contribution in [0.5, 0.6) is 5.75 Å². The van der Waals surface area contributed by atoms with E-state index in [1.54, 1.807) is 14.2 Å². The van der Waals surface area contributed by atoms with Crippen molar-refractivity contribution in [2.24, 2.45) is 7.05 Å². The van der Waals surface area contributed by atoms with Crippen molar-refractivity contribution in [3.8, 4) is 5.75 Å². The molecule has 0 fully saturated rings. The number of aryl methyl sites for hydroxylation is 1. The van der Waals surface area contributed by atoms with Crippen molar-refractivity contribution in [2.45, 2.75) is 13.0 Å². The molecular formula is C12H15N5O2. The van der Waals surface area contributed by atoms with Crippen molar-refractivity contribution in [3.63, 3.8) is 0 Å². The van der Waals surface area contributed by atoms with Gasteiger partial charge in [0.15, 0.2) is 5.82 Å². The summed E-state index contributed by atoms with van der Waals surface area (Å²) in [5, 5.41) is 13.7. The zero-order chi connectivity index (χ0) is 13.7. The lowest BCUT2D eigenvalue weighted by atomic mass is 10.2. The van der Waals surface area contributed by atoms with E-state index in [0.717, 1.165) is 11.3 Å². The van der Waals surface area contributed by atoms with E-state index in [2.05, 4.69) is 20.8 Å². The van der Waals surface area contributed by atoms with Gasteiger partial charge in [0.05, 0.1) is 13.5 Å². The molecule has 0 radical (unpaired) electrons. The standard InChI is InChI=1S/C12H15N5O2/c1-17-11(14-15-16-17)7-12(18)13-8-9-3-5-10(19-2)6-4-9/h3-6H,7-8H2,1-2H3,(H,13,18). The first-order valence-electron chi connectivity index (χ1n) is 5.80. The molecule has 1 aromatic heterocycles. The number of rotatable bonds is 5. The van der Waals surface area contributed by atoms with E-state index in [-0.39, 0.29) is 12.3 Å². The number of methoxy groups -OCH3 is 1. The number of carbonyl (C=O) groups excluding carboxylic acids is 1. The molecule has 1 aromatic carbocycles. The third-order valence-electron chi connectivity index (χ3n) is 2.68. The monoisotopic (exact) mass is 261 g/mol. The fourth-order valence-electron chi connectivity index (χ4n) is 1.55. The zero-order valence-corrected chi connectivity index (χ0v) is 10.8. The van der Waals surface area contributed by atoms with Crippen LogP contribution in [0, 0.1) is 0 Å². The first kappa shape index (κ1) is 13.0. The largest absolute Gasteiger partial charge is 0.497 e. The number of carbonyl (C=O) groups is 1. The van der Waals surface area contributed by atoms with Crippen LogP contribution < -0.4 is 10.1 Å². The molecule has 0 aliphatic heterocycles. The Morgan fingerprint density at radius 1 is 1.37 bits per heavy atom. The van der Waals surface area contributed by atoms with Crippen LogP contribution in [0.1, 0.15) is 11.4 Å². The van der Waals surface area contributed by atoms with E-state index in [0.29, 0.717) is 12.4 Å². The van der Waals surface area contributed by atoms with Gasteiger partial charge >= 0.3 is 0 Å². The van der Waals surface area contributed by atoms with Crippen molar-refractivity contribution >= 4 is 5.91 Å². The summed E-state index contributed by atoms with van der Waals surface area (Å²) in [4.78, 5) is 11.7. The predicted octanol–water partition coefficient (Wildman–Crippen LogP) is 0.0776. The highest BCUT2D eigenvalue weighted by Gasteiger charge is 2.08. The lowest BCUT2D eigenvalue weighted by Crippen LogP contribution is -2.25. The van der Waals surface area contributed by atoms with Gasteiger partial charge in [-0.3, -0.25) is 4.79 Å². The predicted molar refractivity (Wildman–Crippen MR) is 67.3 cm³/mol. The second-order valence-corrected chi connectivity index (χ2v) is 4.02. The molecule has 0 spiro atoms. The van der Waals surface area contributed by atoms with Crippen LogP contribution in [0.25, 0.3) is 0 Å². The van der Waals surface area contributed by atoms with Gasteiger partial charge in [-0.15, -0.1) is 5.10 Å². The van der Waals surface area contributed by atoms with E-state index in [1.165, 1.54) is 4.68 Å². The van der Waals surface area contributed by atoms with Crippen LogP contribution >= 0.6 is 0 Å². The summed E-state index contributed by atoms with van der Waals surface area (Å²) in [5.74, 6) is 1.21. The molecule has 0 aliphatic carbocycles. The van der Waals surface area contributed by atoms with Gasteiger partial charge in [-0.2, -0.15) is 0 Å². The summed E-state index contributed by atoms with van der Waals surface area (Å²) in [6.07, 6.45) is 0.166. The lowest BCUT2D eigenvalue weighted by molar-refractivity contribution is -0.120. The Labute approximate surface area is 110 Å². The maximum atomic E-state index is 11.7. The average molecular weight is 261 g/mol. The van der Waals surface area contributed by atoms with Crippen molar-refractivity contribution in [1.29, 1.82) is 0 Å². The zero-order valence-electron chi connectivity index (χ0n) is 10.8. The van der Waals surface area contributed by atoms with Gasteiger partial charge in [-0.05, 0) is 28.1 Å². The number of nitrogens with zero attached hydrogens (tertiary/aromatic N) is 4. The fourth-order valence-corrected chi connectivity index (χ4v) is 1.55. The maximum absolute atomic E-state index is 11.7. The number of benzene rings is 1. The number of ether oxygens (including phenoxy) is 1. The fraction of sp³-hybridized carbons (Fsp3) is 0.333. The maximum Gasteiger partial charge on any atom is 0.227 e. The topological polar surface area (TPSA) is 81.9 Å². The van der Waals surface area contributed by atoms with Crippen molar-refractivity contribution in [3.05, 3.63) is 35.7 Å². The van der Waals surface area contributed by atoms with Crippen LogP contribution in [0.4, 0.5) is 0 Å². The molecule has 19 heavy (non-hydrogen) atoms. The van der Waals surface area contributed by atoms with Gasteiger partial charge in [0.2, 0.25) is 5.91 Å². The van der Waals surface area contributed by atoms with Gasteiger partial charge in [0.25, 0.3) is 0 Å². The third kappa shape index (κ3) is 3.51. The molecule has 1 amide bonds. The Hall–Kier alpha value is -2.44. The number of aromatic nitrogens is 4. The Bertz CT molecular complexity index is 550. The molecule has 2 rings (SSSR count). The van der Waals surface area contributed by atoms with Crippen LogP contribution in [0.3, 0.4) is 0 Å². The molecule has 0 unspecified atom stereocenters. The van der Waals surface area contributed by atoms with Crippen LogP contribution in [0.2, 0.25) is 0 Å². The Morgan fingerprint density at radius 2 is 2.11 bits per heavy atom. The second-order valence-electron chi connectivity index (χ2n) is 4.02. The van der Waals surface area contributed by atoms with E-state index in [4.69, 9.17) is 4.74 Å². The van der Waals surface area contributed by atoms with E-state index >= 15 is 0 Å². The highest BCUT2D eigenvalue weighted by atomic mass is 16.5. The van der Waals surface area contributed by atoms with Crippen molar-refractivity contribution < 1.29 is 9.53 Å². The average Bonchev–Trinajstić information content (AvgIpc) is 2.82. The minimum atomic E-state index is -0.117. The van der Waals surface area contributed by atoms with Crippen molar-refractivity contribution in [2.75, 3.05) is 7.11 Å². The second kappa shape index (κ2) is 5.94. The third-order valence-corrected chi connectivity index (χ3v) is 2.68. The van der Waals surface area contributed by atoms with Crippen LogP contribution in [-0.4, -0.2) is 33.2 Å². The molecule has 0 bridgehead atoms. The Balaban J connectivity index is 1.84. The van der Waals surface area contributed by atoms with Gasteiger partial charge < -0.3 is 10.1 Å². The molecule has 0 atom stereocenters. The van der Waals surface area contributed by atoms with Gasteiger partial charge in [0, 0.05) is 13.6 Å². The summed E-state index contributed by atoms with van der Waals surface area (Å²) in [6.45, 7) is 0.466. The Morgan fingerprint density at radius 3 is 2.68 bits per heavy atom. The van der Waals surface area contributed by atoms with Crippen molar-refractivity contribution in [1.82, 2.24) is 25.5 Å². The van der Waals surface area contributed by atoms with Gasteiger partial charge in [0.1, 0.15) is 5.75 Å². The summed E-state index contributed by atoms with van der Waals surface area (Å²) in [7, 11) is 3.32. The SMILES string of the molecule is COc1ccc(CNC(=O)Cc2nnnn2C)cc1. The molecule has 0 saturated carbocycles. The van der Waals surface area contributed by atoms with Gasteiger partial charge in [-0.1, -0.05) is 12.1 Å². The van der Waals surface area contributed by atoms with Gasteiger partial charge in [-0.25, -0.2) is 4.68 Å². The molecule has 7 nitrogen and oxygen atoms in total. The van der Waals surface area contributed by atoms with E-state index in [1.807, 2.05) is 24.3 Å². The van der Waals surface area contributed by atoms with E-state index < -0.39 is 0 Å². The molecule has 100 valence electrons. The first-order chi connectivity index (χ1) is 9.19. The molecule has 1 heterocycles. The molecule has 0 saturated heterocycles. The summed E-state index contributed by atoms with van der Waals surface area (Å²) < 4.78 is 6.54. The normalized spacial score (nSPS) is 10.2. The van der Waals surface area contributed by atoms with Crippen LogP contribution in [-0.2, 0) is 24.8 Å². The lowest BCUT2D eigenvalue weighted by Gasteiger charge is -2.05. The highest BCUT2D eigenvalue weighted by molar-refractivity contribution is 5.77. The number of hydrogen-bond donors (Lipinski definition) is 1. The summed E-state index contributed by atoms with van der Waals surface area (Å²) >= 11 is 0. The number of amides is 1. The summed E-state index contributed by atoms with van der Waals surface area (Å²) in [5.41, 5.74) is 1.00. The molecule has 1 N–H and O–H groups in total. The van der Waals surface area contributed by atoms with E-state index in [9.17, 15) is 4.79 Å². The quantitative estimate of drug-likeness (QED) is 0.824.